The van der Waals surface area contributed by atoms with Crippen LogP contribution in [0.5, 0.6) is 0 Å². The third kappa shape index (κ3) is 23.5. The summed E-state index contributed by atoms with van der Waals surface area (Å²) in [5.74, 6) is -6.17. The summed E-state index contributed by atoms with van der Waals surface area (Å²) in [6.07, 6.45) is 6.35. The number of hydrogen-bond donors (Lipinski definition) is 9. The number of hydrogen-bond acceptors (Lipinski definition) is 15. The molecule has 0 aliphatic carbocycles. The average Bonchev–Trinajstić information content (AvgIpc) is 1.22. The van der Waals surface area contributed by atoms with Crippen molar-refractivity contribution in [2.45, 2.75) is 181 Å². The fourth-order valence-electron chi connectivity index (χ4n) is 11.2. The van der Waals surface area contributed by atoms with Crippen LogP contribution in [0, 0.1) is 23.7 Å². The zero-order valence-corrected chi connectivity index (χ0v) is 55.4. The highest BCUT2D eigenvalue weighted by atomic mass is 32.1. The Morgan fingerprint density at radius 2 is 1.50 bits per heavy atom. The number of likely N-dealkylation sites (N-methyl/N-ethyl adjacent to an activating group) is 1. The lowest BCUT2D eigenvalue weighted by Gasteiger charge is -2.40. The number of aliphatic carboxylic acids is 1. The number of urea groups is 1. The van der Waals surface area contributed by atoms with E-state index in [4.69, 9.17) is 15.5 Å². The zero-order chi connectivity index (χ0) is 67.6. The summed E-state index contributed by atoms with van der Waals surface area (Å²) in [6, 6.07) is 10.9. The molecule has 26 heteroatoms. The molecule has 5 rings (SSSR count). The Hall–Kier alpha value is -8.26. The van der Waals surface area contributed by atoms with Crippen LogP contribution in [0.4, 0.5) is 15.3 Å². The lowest BCUT2D eigenvalue weighted by molar-refractivity contribution is -0.142. The number of primary amides is 1. The summed E-state index contributed by atoms with van der Waals surface area (Å²) in [4.78, 5) is 155. The Morgan fingerprint density at radius 1 is 0.804 bits per heavy atom. The number of unbranched alkanes of at least 4 members (excludes halogenated alkanes) is 2. The van der Waals surface area contributed by atoms with E-state index in [1.54, 1.807) is 55.3 Å². The number of thiazole rings is 1. The molecule has 1 fully saturated rings. The molecular weight excluding hydrogens is 1200 g/mol. The Balaban J connectivity index is 1.38. The second kappa shape index (κ2) is 37.3. The minimum absolute atomic E-state index is 0.0311. The molecule has 0 saturated carbocycles. The highest BCUT2D eigenvalue weighted by molar-refractivity contribution is 7.09. The normalized spacial score (nSPS) is 16.7. The SMILES string of the molecule is CC[C@H](C)[C@H](NC(=O)[C@H]1CCCCN1C)C(=O)N(CCc1ccc(NC(=O)[C@H](CCCNC(N)=O)NC(=O)[C@@H](NC(=O)CCCCCN2C(=O)C=CC2=O)C(C)C)cc1)[C@H](C[C@@H](OC(=O)NC)c1nc(C(=O)N[C@@H](Cc2ccccc2)C[C@H](C)C(=O)O)cs1)C(C)C. The van der Waals surface area contributed by atoms with Crippen molar-refractivity contribution in [1.82, 2.24) is 51.6 Å². The largest absolute Gasteiger partial charge is 0.481 e. The molecule has 3 heterocycles. The van der Waals surface area contributed by atoms with E-state index in [0.717, 1.165) is 46.7 Å². The van der Waals surface area contributed by atoms with Gasteiger partial charge in [0.15, 0.2) is 6.10 Å². The van der Waals surface area contributed by atoms with Crippen LogP contribution in [-0.4, -0.2) is 167 Å². The maximum atomic E-state index is 15.6. The minimum atomic E-state index is -1.12. The standard InChI is InChI=1S/C66H96N12O13S/c1-10-42(6)57(75-60(84)50-23-16-18-33-76(50)9)63(86)77(51(40(2)3)38-52(91-66(90)68-8)62-73-49(39-92-62)59(83)71-47(36-43(7)64(87)88)37-45-20-13-11-14-21-45)35-31-44-25-27-46(28-26-44)70-58(82)48(22-19-32-69-65(67)89)72-61(85)56(41(4)5)74-53(79)24-15-12-17-34-78-54(80)29-30-55(78)81/h11,13-14,20-21,25-30,39-43,47-48,50-52,56-57H,10,12,15-19,22-24,31-38H2,1-9H3,(H,68,90)(H,70,82)(H,71,83)(H,72,85)(H,74,79)(H,75,84)(H,87,88)(H3,67,69,89)/t42-,43-,47+,48-,50+,51+,52+,56-,57-/m0/s1. The number of nitrogens with one attached hydrogen (secondary N) is 7. The van der Waals surface area contributed by atoms with Crippen LogP contribution in [0.15, 0.2) is 72.1 Å². The van der Waals surface area contributed by atoms with Crippen molar-refractivity contribution in [2.75, 3.05) is 45.6 Å². The van der Waals surface area contributed by atoms with Gasteiger partial charge in [-0.1, -0.05) is 110 Å². The average molecular weight is 1300 g/mol. The van der Waals surface area contributed by atoms with Gasteiger partial charge in [0.2, 0.25) is 29.5 Å². The number of rotatable bonds is 37. The number of likely N-dealkylation sites (tertiary alicyclic amines) is 1. The summed E-state index contributed by atoms with van der Waals surface area (Å²) in [6.45, 7) is 14.1. The van der Waals surface area contributed by atoms with Gasteiger partial charge in [-0.3, -0.25) is 53.0 Å². The maximum Gasteiger partial charge on any atom is 0.407 e. The van der Waals surface area contributed by atoms with E-state index in [1.165, 1.54) is 19.2 Å². The number of ether oxygens (including phenoxy) is 1. The fraction of sp³-hybridized carbons (Fsp3) is 0.576. The van der Waals surface area contributed by atoms with Gasteiger partial charge in [-0.25, -0.2) is 14.6 Å². The van der Waals surface area contributed by atoms with Crippen molar-refractivity contribution < 1.29 is 62.6 Å². The van der Waals surface area contributed by atoms with E-state index in [0.29, 0.717) is 44.2 Å². The molecule has 92 heavy (non-hydrogen) atoms. The van der Waals surface area contributed by atoms with Crippen molar-refractivity contribution in [3.05, 3.63) is 94.0 Å². The van der Waals surface area contributed by atoms with Gasteiger partial charge in [0.25, 0.3) is 17.7 Å². The Bertz CT molecular complexity index is 3000. The van der Waals surface area contributed by atoms with Gasteiger partial charge in [0.05, 0.1) is 12.0 Å². The van der Waals surface area contributed by atoms with E-state index in [-0.39, 0.29) is 116 Å². The molecule has 0 spiro atoms. The number of nitrogens with two attached hydrogens (primary N) is 1. The lowest BCUT2D eigenvalue weighted by atomic mass is 9.91. The molecule has 504 valence electrons. The van der Waals surface area contributed by atoms with Crippen molar-refractivity contribution >= 4 is 82.4 Å². The second-order valence-electron chi connectivity index (χ2n) is 24.7. The smallest absolute Gasteiger partial charge is 0.407 e. The number of aromatic nitrogens is 1. The van der Waals surface area contributed by atoms with Crippen molar-refractivity contribution in [3.63, 3.8) is 0 Å². The first-order valence-corrected chi connectivity index (χ1v) is 33.0. The highest BCUT2D eigenvalue weighted by Gasteiger charge is 2.40. The van der Waals surface area contributed by atoms with Crippen molar-refractivity contribution in [1.29, 1.82) is 0 Å². The van der Waals surface area contributed by atoms with E-state index >= 15 is 4.79 Å². The number of amides is 11. The molecule has 9 atom stereocenters. The number of imide groups is 1. The second-order valence-corrected chi connectivity index (χ2v) is 25.6. The molecule has 3 aromatic rings. The summed E-state index contributed by atoms with van der Waals surface area (Å²) < 4.78 is 6.04. The minimum Gasteiger partial charge on any atom is -0.481 e. The number of nitrogens with zero attached hydrogens (tertiary/aromatic N) is 4. The number of carbonyl (C=O) groups is 11. The summed E-state index contributed by atoms with van der Waals surface area (Å²) in [5, 5.41) is 31.2. The summed E-state index contributed by atoms with van der Waals surface area (Å²) in [7, 11) is 3.31. The zero-order valence-electron chi connectivity index (χ0n) is 54.6. The van der Waals surface area contributed by atoms with E-state index in [1.807, 2.05) is 70.0 Å². The molecule has 25 nitrogen and oxygen atoms in total. The number of carbonyl (C=O) groups excluding carboxylic acids is 10. The number of piperidine rings is 1. The lowest BCUT2D eigenvalue weighted by Crippen LogP contribution is -2.59. The molecule has 1 aromatic heterocycles. The van der Waals surface area contributed by atoms with Crippen molar-refractivity contribution in [3.8, 4) is 0 Å². The molecule has 0 bridgehead atoms. The summed E-state index contributed by atoms with van der Waals surface area (Å²) in [5.41, 5.74) is 7.37. The third-order valence-electron chi connectivity index (χ3n) is 16.9. The van der Waals surface area contributed by atoms with Gasteiger partial charge in [0, 0.05) is 74.8 Å². The van der Waals surface area contributed by atoms with Crippen LogP contribution in [0.2, 0.25) is 0 Å². The van der Waals surface area contributed by atoms with Gasteiger partial charge < -0.3 is 57.7 Å². The molecule has 2 aliphatic heterocycles. The molecule has 0 unspecified atom stereocenters. The quantitative estimate of drug-likeness (QED) is 0.0236. The maximum absolute atomic E-state index is 15.6. The van der Waals surface area contributed by atoms with Crippen LogP contribution >= 0.6 is 11.3 Å². The number of carboxylic acid groups (broad SMARTS) is 1. The molecular formula is C66H96N12O13S. The molecule has 2 aliphatic rings. The first-order chi connectivity index (χ1) is 43.8. The molecule has 10 N–H and O–H groups in total. The first-order valence-electron chi connectivity index (χ1n) is 32.1. The Kier molecular flexibility index (Phi) is 30.2. The van der Waals surface area contributed by atoms with Crippen molar-refractivity contribution in [2.24, 2.45) is 29.4 Å². The van der Waals surface area contributed by atoms with Crippen LogP contribution in [0.3, 0.4) is 0 Å². The predicted octanol–water partition coefficient (Wildman–Crippen LogP) is 5.99. The van der Waals surface area contributed by atoms with Gasteiger partial charge in [0.1, 0.15) is 28.8 Å². The molecule has 0 radical (unpaired) electrons. The number of carboxylic acids is 1. The number of alkyl carbamates (subject to hydrolysis) is 1. The van der Waals surface area contributed by atoms with Gasteiger partial charge in [-0.2, -0.15) is 0 Å². The first kappa shape index (κ1) is 74.5. The van der Waals surface area contributed by atoms with E-state index < -0.39 is 84.1 Å². The van der Waals surface area contributed by atoms with Gasteiger partial charge >= 0.3 is 18.1 Å². The predicted molar refractivity (Wildman–Crippen MR) is 348 cm³/mol. The monoisotopic (exact) mass is 1300 g/mol. The van der Waals surface area contributed by atoms with E-state index in [2.05, 4.69) is 37.2 Å². The Morgan fingerprint density at radius 3 is 2.12 bits per heavy atom. The fourth-order valence-corrected chi connectivity index (χ4v) is 12.0. The van der Waals surface area contributed by atoms with E-state index in [9.17, 15) is 53.1 Å². The summed E-state index contributed by atoms with van der Waals surface area (Å²) >= 11 is 1.10. The topological polar surface area (TPSA) is 350 Å². The molecule has 11 amide bonds. The Labute approximate surface area is 543 Å². The third-order valence-corrected chi connectivity index (χ3v) is 17.8. The van der Waals surface area contributed by atoms with Crippen LogP contribution in [0.1, 0.15) is 158 Å². The highest BCUT2D eigenvalue weighted by Crippen LogP contribution is 2.32. The molecule has 1 saturated heterocycles. The van der Waals surface area contributed by atoms with Crippen LogP contribution in [-0.2, 0) is 55.9 Å². The van der Waals surface area contributed by atoms with Gasteiger partial charge in [-0.05, 0) is 112 Å². The van der Waals surface area contributed by atoms with Gasteiger partial charge in [-0.15, -0.1) is 11.3 Å². The van der Waals surface area contributed by atoms with Crippen LogP contribution in [0.25, 0.3) is 0 Å². The number of benzene rings is 2. The number of anilines is 1. The van der Waals surface area contributed by atoms with Crippen LogP contribution < -0.4 is 43.0 Å². The molecule has 2 aromatic carbocycles.